The second kappa shape index (κ2) is 5.50. The van der Waals surface area contributed by atoms with Crippen molar-refractivity contribution in [1.29, 1.82) is 0 Å². The Balaban J connectivity index is 2.22. The van der Waals surface area contributed by atoms with Crippen LogP contribution in [0.15, 0.2) is 24.5 Å². The van der Waals surface area contributed by atoms with E-state index >= 15 is 0 Å². The van der Waals surface area contributed by atoms with Crippen molar-refractivity contribution in [2.24, 2.45) is 0 Å². The Morgan fingerprint density at radius 1 is 1.33 bits per heavy atom. The number of ether oxygens (including phenoxy) is 1. The molecule has 1 aromatic carbocycles. The lowest BCUT2D eigenvalue weighted by Crippen LogP contribution is -1.95. The van der Waals surface area contributed by atoms with Gasteiger partial charge >= 0.3 is 0 Å². The van der Waals surface area contributed by atoms with Crippen molar-refractivity contribution in [3.05, 3.63) is 34.6 Å². The molecule has 0 saturated heterocycles. The van der Waals surface area contributed by atoms with Crippen molar-refractivity contribution in [2.45, 2.75) is 19.9 Å². The third-order valence-electron chi connectivity index (χ3n) is 2.30. The molecule has 0 atom stereocenters. The van der Waals surface area contributed by atoms with Crippen LogP contribution in [-0.4, -0.2) is 9.78 Å². The third kappa shape index (κ3) is 2.89. The van der Waals surface area contributed by atoms with Gasteiger partial charge < -0.3 is 10.5 Å². The summed E-state index contributed by atoms with van der Waals surface area (Å²) < 4.78 is 7.42. The van der Waals surface area contributed by atoms with Crippen molar-refractivity contribution >= 4 is 28.9 Å². The molecule has 2 rings (SSSR count). The van der Waals surface area contributed by atoms with Crippen molar-refractivity contribution in [2.75, 3.05) is 5.73 Å². The van der Waals surface area contributed by atoms with Crippen LogP contribution in [0, 0.1) is 0 Å². The minimum atomic E-state index is 0.378. The zero-order valence-corrected chi connectivity index (χ0v) is 11.4. The molecule has 6 heteroatoms. The van der Waals surface area contributed by atoms with Crippen LogP contribution < -0.4 is 10.5 Å². The molecule has 0 aliphatic rings. The van der Waals surface area contributed by atoms with E-state index in [9.17, 15) is 0 Å². The van der Waals surface area contributed by atoms with Gasteiger partial charge in [-0.25, -0.2) is 0 Å². The SMILES string of the molecule is CCCn1cc(Oc2c(Cl)cc(N)cc2Cl)cn1. The first kappa shape index (κ1) is 13.1. The Bertz CT molecular complexity index is 531. The van der Waals surface area contributed by atoms with E-state index in [1.165, 1.54) is 0 Å². The van der Waals surface area contributed by atoms with Gasteiger partial charge in [0.1, 0.15) is 0 Å². The third-order valence-corrected chi connectivity index (χ3v) is 2.86. The Morgan fingerprint density at radius 2 is 2.00 bits per heavy atom. The number of nitrogens with two attached hydrogens (primary N) is 1. The zero-order valence-electron chi connectivity index (χ0n) is 9.86. The highest BCUT2D eigenvalue weighted by Crippen LogP contribution is 2.37. The molecule has 0 amide bonds. The first-order valence-corrected chi connectivity index (χ1v) is 6.30. The van der Waals surface area contributed by atoms with E-state index in [0.717, 1.165) is 13.0 Å². The summed E-state index contributed by atoms with van der Waals surface area (Å²) in [4.78, 5) is 0. The predicted molar refractivity (Wildman–Crippen MR) is 73.5 cm³/mol. The zero-order chi connectivity index (χ0) is 13.1. The van der Waals surface area contributed by atoms with Gasteiger partial charge in [0.2, 0.25) is 0 Å². The van der Waals surface area contributed by atoms with Gasteiger partial charge in [-0.05, 0) is 18.6 Å². The van der Waals surface area contributed by atoms with Crippen LogP contribution in [-0.2, 0) is 6.54 Å². The van der Waals surface area contributed by atoms with Crippen molar-refractivity contribution in [3.63, 3.8) is 0 Å². The maximum absolute atomic E-state index is 6.04. The number of anilines is 1. The summed E-state index contributed by atoms with van der Waals surface area (Å²) >= 11 is 12.1. The van der Waals surface area contributed by atoms with Gasteiger partial charge in [0.05, 0.1) is 22.4 Å². The van der Waals surface area contributed by atoms with E-state index < -0.39 is 0 Å². The number of hydrogen-bond donors (Lipinski definition) is 1. The topological polar surface area (TPSA) is 53.1 Å². The van der Waals surface area contributed by atoms with Crippen LogP contribution in [0.1, 0.15) is 13.3 Å². The molecular formula is C12H13Cl2N3O. The quantitative estimate of drug-likeness (QED) is 0.865. The lowest BCUT2D eigenvalue weighted by molar-refractivity contribution is 0.481. The van der Waals surface area contributed by atoms with Gasteiger partial charge in [-0.15, -0.1) is 0 Å². The van der Waals surface area contributed by atoms with E-state index in [2.05, 4.69) is 12.0 Å². The maximum Gasteiger partial charge on any atom is 0.165 e. The van der Waals surface area contributed by atoms with Crippen molar-refractivity contribution in [3.8, 4) is 11.5 Å². The molecule has 4 nitrogen and oxygen atoms in total. The second-order valence-corrected chi connectivity index (χ2v) is 4.67. The molecule has 0 aliphatic carbocycles. The minimum Gasteiger partial charge on any atom is -0.451 e. The smallest absolute Gasteiger partial charge is 0.165 e. The summed E-state index contributed by atoms with van der Waals surface area (Å²) in [5.41, 5.74) is 6.12. The number of rotatable bonds is 4. The molecule has 0 spiro atoms. The molecule has 0 saturated carbocycles. The molecule has 0 fully saturated rings. The summed E-state index contributed by atoms with van der Waals surface area (Å²) in [6.45, 7) is 2.92. The fraction of sp³-hybridized carbons (Fsp3) is 0.250. The van der Waals surface area contributed by atoms with E-state index in [-0.39, 0.29) is 0 Å². The Morgan fingerprint density at radius 3 is 2.61 bits per heavy atom. The first-order valence-electron chi connectivity index (χ1n) is 5.55. The average Bonchev–Trinajstić information content (AvgIpc) is 2.72. The number of nitrogens with zero attached hydrogens (tertiary/aromatic N) is 2. The summed E-state index contributed by atoms with van der Waals surface area (Å²) in [5.74, 6) is 0.987. The molecule has 18 heavy (non-hydrogen) atoms. The molecule has 0 radical (unpaired) electrons. The standard InChI is InChI=1S/C12H13Cl2N3O/c1-2-3-17-7-9(6-16-17)18-12-10(13)4-8(15)5-11(12)14/h4-7H,2-3,15H2,1H3. The Labute approximate surface area is 115 Å². The van der Waals surface area contributed by atoms with Crippen LogP contribution in [0.4, 0.5) is 5.69 Å². The lowest BCUT2D eigenvalue weighted by Gasteiger charge is -2.08. The fourth-order valence-corrected chi connectivity index (χ4v) is 2.12. The maximum atomic E-state index is 6.04. The van der Waals surface area contributed by atoms with Crippen LogP contribution in [0.2, 0.25) is 10.0 Å². The fourth-order valence-electron chi connectivity index (χ4n) is 1.54. The summed E-state index contributed by atoms with van der Waals surface area (Å²) in [7, 11) is 0. The molecule has 0 bridgehead atoms. The molecule has 96 valence electrons. The van der Waals surface area contributed by atoms with Gasteiger partial charge in [-0.2, -0.15) is 5.10 Å². The number of halogens is 2. The largest absolute Gasteiger partial charge is 0.451 e. The first-order chi connectivity index (χ1) is 8.60. The minimum absolute atomic E-state index is 0.378. The molecule has 2 N–H and O–H groups in total. The molecule has 0 aliphatic heterocycles. The summed E-state index contributed by atoms with van der Waals surface area (Å²) in [6.07, 6.45) is 4.43. The van der Waals surface area contributed by atoms with Crippen LogP contribution in [0.25, 0.3) is 0 Å². The normalized spacial score (nSPS) is 10.6. The highest BCUT2D eigenvalue weighted by molar-refractivity contribution is 6.37. The number of hydrogen-bond acceptors (Lipinski definition) is 3. The highest BCUT2D eigenvalue weighted by Gasteiger charge is 2.11. The number of benzene rings is 1. The lowest BCUT2D eigenvalue weighted by atomic mass is 10.3. The van der Waals surface area contributed by atoms with Gasteiger partial charge in [0.15, 0.2) is 11.5 Å². The number of aryl methyl sites for hydroxylation is 1. The van der Waals surface area contributed by atoms with E-state index in [1.807, 2.05) is 0 Å². The number of aromatic nitrogens is 2. The van der Waals surface area contributed by atoms with Crippen LogP contribution >= 0.6 is 23.2 Å². The van der Waals surface area contributed by atoms with E-state index in [0.29, 0.717) is 27.2 Å². The second-order valence-electron chi connectivity index (χ2n) is 3.85. The van der Waals surface area contributed by atoms with Crippen molar-refractivity contribution < 1.29 is 4.74 Å². The number of nitrogen functional groups attached to an aromatic ring is 1. The van der Waals surface area contributed by atoms with Gasteiger partial charge in [-0.3, -0.25) is 4.68 Å². The molecule has 1 aromatic heterocycles. The van der Waals surface area contributed by atoms with Gasteiger partial charge in [0, 0.05) is 12.2 Å². The molecule has 0 unspecified atom stereocenters. The average molecular weight is 286 g/mol. The predicted octanol–water partition coefficient (Wildman–Crippen LogP) is 3.97. The van der Waals surface area contributed by atoms with Gasteiger partial charge in [0.25, 0.3) is 0 Å². The molecule has 1 heterocycles. The van der Waals surface area contributed by atoms with E-state index in [1.54, 1.807) is 29.2 Å². The Kier molecular flexibility index (Phi) is 3.99. The van der Waals surface area contributed by atoms with Gasteiger partial charge in [-0.1, -0.05) is 30.1 Å². The molecular weight excluding hydrogens is 273 g/mol. The highest BCUT2D eigenvalue weighted by atomic mass is 35.5. The van der Waals surface area contributed by atoms with Crippen LogP contribution in [0.5, 0.6) is 11.5 Å². The summed E-state index contributed by atoms with van der Waals surface area (Å²) in [5, 5.41) is 4.92. The van der Waals surface area contributed by atoms with E-state index in [4.69, 9.17) is 33.7 Å². The molecule has 2 aromatic rings. The van der Waals surface area contributed by atoms with Crippen molar-refractivity contribution in [1.82, 2.24) is 9.78 Å². The monoisotopic (exact) mass is 285 g/mol. The van der Waals surface area contributed by atoms with Crippen LogP contribution in [0.3, 0.4) is 0 Å². The Hall–Kier alpha value is -1.39. The summed E-state index contributed by atoms with van der Waals surface area (Å²) in [6, 6.07) is 3.19.